The van der Waals surface area contributed by atoms with Crippen LogP contribution in [0.2, 0.25) is 0 Å². The van der Waals surface area contributed by atoms with Gasteiger partial charge in [-0.05, 0) is 18.6 Å². The van der Waals surface area contributed by atoms with Crippen molar-refractivity contribution in [2.45, 2.75) is 16.6 Å². The zero-order valence-electron chi connectivity index (χ0n) is 13.1. The Morgan fingerprint density at radius 3 is 2.39 bits per heavy atom. The van der Waals surface area contributed by atoms with Crippen LogP contribution in [0.3, 0.4) is 0 Å². The largest absolute Gasteiger partial charge is 0.497 e. The molecular formula is C17H18N2O3S. The maximum Gasteiger partial charge on any atom is 0.240 e. The van der Waals surface area contributed by atoms with Crippen LogP contribution in [0, 0.1) is 0 Å². The van der Waals surface area contributed by atoms with Crippen molar-refractivity contribution < 1.29 is 14.3 Å². The maximum atomic E-state index is 12.7. The topological polar surface area (TPSA) is 51.7 Å². The monoisotopic (exact) mass is 330 g/mol. The van der Waals surface area contributed by atoms with Crippen LogP contribution in [-0.2, 0) is 4.79 Å². The molecule has 0 bridgehead atoms. The number of carbonyl (C=O) groups is 1. The Morgan fingerprint density at radius 2 is 1.78 bits per heavy atom. The first kappa shape index (κ1) is 15.7. The molecule has 1 unspecified atom stereocenters. The van der Waals surface area contributed by atoms with Gasteiger partial charge in [-0.15, -0.1) is 11.8 Å². The van der Waals surface area contributed by atoms with Crippen molar-refractivity contribution in [1.29, 1.82) is 0 Å². The highest BCUT2D eigenvalue weighted by atomic mass is 32.2. The van der Waals surface area contributed by atoms with Gasteiger partial charge in [-0.3, -0.25) is 9.78 Å². The summed E-state index contributed by atoms with van der Waals surface area (Å²) in [5, 5.41) is -0.0744. The number of aromatic nitrogens is 1. The molecule has 0 saturated carbocycles. The van der Waals surface area contributed by atoms with Crippen molar-refractivity contribution >= 4 is 23.4 Å². The van der Waals surface area contributed by atoms with Gasteiger partial charge in [0.25, 0.3) is 0 Å². The van der Waals surface area contributed by atoms with Crippen molar-refractivity contribution in [3.05, 3.63) is 42.7 Å². The number of carbonyl (C=O) groups excluding carboxylic acids is 1. The third-order valence-corrected chi connectivity index (χ3v) is 5.00. The van der Waals surface area contributed by atoms with Gasteiger partial charge >= 0.3 is 0 Å². The van der Waals surface area contributed by atoms with E-state index < -0.39 is 0 Å². The number of benzene rings is 1. The molecule has 120 valence electrons. The zero-order valence-corrected chi connectivity index (χ0v) is 13.9. The summed E-state index contributed by atoms with van der Waals surface area (Å²) in [5.41, 5.74) is 0.809. The van der Waals surface area contributed by atoms with Gasteiger partial charge in [-0.1, -0.05) is 0 Å². The number of anilines is 1. The molecule has 3 rings (SSSR count). The van der Waals surface area contributed by atoms with E-state index >= 15 is 0 Å². The van der Waals surface area contributed by atoms with Crippen LogP contribution in [0.1, 0.15) is 6.42 Å². The van der Waals surface area contributed by atoms with Crippen LogP contribution in [-0.4, -0.2) is 36.9 Å². The second-order valence-corrected chi connectivity index (χ2v) is 6.41. The average molecular weight is 330 g/mol. The summed E-state index contributed by atoms with van der Waals surface area (Å²) >= 11 is 1.58. The molecule has 1 amide bonds. The smallest absolute Gasteiger partial charge is 0.240 e. The number of thioether (sulfide) groups is 1. The summed E-state index contributed by atoms with van der Waals surface area (Å²) in [6.45, 7) is 0.692. The van der Waals surface area contributed by atoms with E-state index in [0.717, 1.165) is 17.0 Å². The molecule has 5 nitrogen and oxygen atoms in total. The predicted molar refractivity (Wildman–Crippen MR) is 90.4 cm³/mol. The van der Waals surface area contributed by atoms with Crippen LogP contribution in [0.15, 0.2) is 47.6 Å². The summed E-state index contributed by atoms with van der Waals surface area (Å²) in [6.07, 6.45) is 4.30. The molecule has 1 saturated heterocycles. The summed E-state index contributed by atoms with van der Waals surface area (Å²) < 4.78 is 10.6. The maximum absolute atomic E-state index is 12.7. The Bertz CT molecular complexity index is 671. The summed E-state index contributed by atoms with van der Waals surface area (Å²) in [5.74, 6) is 1.47. The zero-order chi connectivity index (χ0) is 16.2. The highest BCUT2D eigenvalue weighted by molar-refractivity contribution is 8.00. The molecule has 1 aromatic carbocycles. The van der Waals surface area contributed by atoms with Gasteiger partial charge < -0.3 is 14.4 Å². The fraction of sp³-hybridized carbons (Fsp3) is 0.294. The van der Waals surface area contributed by atoms with E-state index in [2.05, 4.69) is 4.98 Å². The lowest BCUT2D eigenvalue weighted by atomic mass is 10.2. The van der Waals surface area contributed by atoms with Crippen molar-refractivity contribution in [2.75, 3.05) is 25.7 Å². The first-order chi connectivity index (χ1) is 11.2. The number of methoxy groups -OCH3 is 2. The van der Waals surface area contributed by atoms with Gasteiger partial charge in [0.1, 0.15) is 11.5 Å². The fourth-order valence-corrected chi connectivity index (χ4v) is 3.61. The Balaban J connectivity index is 1.79. The molecule has 1 aromatic heterocycles. The lowest BCUT2D eigenvalue weighted by Gasteiger charge is -2.18. The van der Waals surface area contributed by atoms with E-state index in [-0.39, 0.29) is 11.2 Å². The number of pyridine rings is 1. The fourth-order valence-electron chi connectivity index (χ4n) is 2.55. The Morgan fingerprint density at radius 1 is 1.13 bits per heavy atom. The molecular weight excluding hydrogens is 312 g/mol. The first-order valence-corrected chi connectivity index (χ1v) is 8.20. The molecule has 0 N–H and O–H groups in total. The molecule has 0 radical (unpaired) electrons. The van der Waals surface area contributed by atoms with E-state index in [4.69, 9.17) is 9.47 Å². The molecule has 0 spiro atoms. The minimum atomic E-state index is -0.0744. The van der Waals surface area contributed by atoms with Gasteiger partial charge in [0.2, 0.25) is 5.91 Å². The molecule has 0 aliphatic carbocycles. The molecule has 23 heavy (non-hydrogen) atoms. The molecule has 1 aliphatic heterocycles. The molecule has 2 aromatic rings. The van der Waals surface area contributed by atoms with Crippen molar-refractivity contribution in [3.8, 4) is 11.5 Å². The van der Waals surface area contributed by atoms with Crippen LogP contribution < -0.4 is 14.4 Å². The van der Waals surface area contributed by atoms with E-state index in [9.17, 15) is 4.79 Å². The molecule has 6 heteroatoms. The van der Waals surface area contributed by atoms with Crippen molar-refractivity contribution in [3.63, 3.8) is 0 Å². The normalized spacial score (nSPS) is 17.4. The highest BCUT2D eigenvalue weighted by Gasteiger charge is 2.33. The second kappa shape index (κ2) is 6.91. The quantitative estimate of drug-likeness (QED) is 0.843. The Hall–Kier alpha value is -2.21. The molecule has 1 atom stereocenters. The number of nitrogens with zero attached hydrogens (tertiary/aromatic N) is 2. The molecule has 2 heterocycles. The van der Waals surface area contributed by atoms with Crippen molar-refractivity contribution in [1.82, 2.24) is 4.98 Å². The van der Waals surface area contributed by atoms with Gasteiger partial charge in [-0.25, -0.2) is 0 Å². The number of rotatable bonds is 5. The minimum Gasteiger partial charge on any atom is -0.497 e. The number of hydrogen-bond donors (Lipinski definition) is 0. The lowest BCUT2D eigenvalue weighted by molar-refractivity contribution is -0.116. The standard InChI is InChI=1S/C17H18N2O3S/c1-21-13-9-12(10-14(11-13)22-2)19-8-5-16(17(19)20)23-15-3-6-18-7-4-15/h3-4,6-7,9-11,16H,5,8H2,1-2H3. The second-order valence-electron chi connectivity index (χ2n) is 5.14. The van der Waals surface area contributed by atoms with Crippen LogP contribution in [0.25, 0.3) is 0 Å². The van der Waals surface area contributed by atoms with Gasteiger partial charge in [-0.2, -0.15) is 0 Å². The van der Waals surface area contributed by atoms with Gasteiger partial charge in [0, 0.05) is 42.0 Å². The van der Waals surface area contributed by atoms with E-state index in [1.54, 1.807) is 49.3 Å². The number of ether oxygens (including phenoxy) is 2. The third kappa shape index (κ3) is 3.42. The Kier molecular flexibility index (Phi) is 4.71. The molecule has 1 fully saturated rings. The van der Waals surface area contributed by atoms with Crippen LogP contribution in [0.5, 0.6) is 11.5 Å². The SMILES string of the molecule is COc1cc(OC)cc(N2CCC(Sc3ccncc3)C2=O)c1. The van der Waals surface area contributed by atoms with Crippen LogP contribution >= 0.6 is 11.8 Å². The van der Waals surface area contributed by atoms with E-state index in [1.807, 2.05) is 24.3 Å². The highest BCUT2D eigenvalue weighted by Crippen LogP contribution is 2.35. The first-order valence-electron chi connectivity index (χ1n) is 7.32. The lowest BCUT2D eigenvalue weighted by Crippen LogP contribution is -2.28. The predicted octanol–water partition coefficient (Wildman–Crippen LogP) is 3.00. The Labute approximate surface area is 139 Å². The van der Waals surface area contributed by atoms with Gasteiger partial charge in [0.05, 0.1) is 25.2 Å². The number of hydrogen-bond acceptors (Lipinski definition) is 5. The number of amides is 1. The third-order valence-electron chi connectivity index (χ3n) is 3.73. The van der Waals surface area contributed by atoms with E-state index in [1.165, 1.54) is 0 Å². The molecule has 1 aliphatic rings. The summed E-state index contributed by atoms with van der Waals surface area (Å²) in [6, 6.07) is 9.37. The van der Waals surface area contributed by atoms with Crippen molar-refractivity contribution in [2.24, 2.45) is 0 Å². The average Bonchev–Trinajstić information content (AvgIpc) is 2.96. The van der Waals surface area contributed by atoms with Crippen LogP contribution in [0.4, 0.5) is 5.69 Å². The van der Waals surface area contributed by atoms with E-state index in [0.29, 0.717) is 18.0 Å². The summed E-state index contributed by atoms with van der Waals surface area (Å²) in [4.78, 5) is 19.6. The van der Waals surface area contributed by atoms with Gasteiger partial charge in [0.15, 0.2) is 0 Å². The summed E-state index contributed by atoms with van der Waals surface area (Å²) in [7, 11) is 3.21. The minimum absolute atomic E-state index is 0.0744.